The lowest BCUT2D eigenvalue weighted by molar-refractivity contribution is 0.340. The number of hydrogen-bond donors (Lipinski definition) is 1. The van der Waals surface area contributed by atoms with Crippen LogP contribution in [0.5, 0.6) is 11.5 Å². The number of aliphatic hydroxyl groups excluding tert-OH is 1. The highest BCUT2D eigenvalue weighted by atomic mass is 79.9. The fourth-order valence-electron chi connectivity index (χ4n) is 1.50. The Labute approximate surface area is 110 Å². The molecule has 94 valence electrons. The second-order valence-electron chi connectivity index (χ2n) is 3.54. The summed E-state index contributed by atoms with van der Waals surface area (Å²) in [4.78, 5) is 0. The maximum atomic E-state index is 8.83. The molecule has 0 aliphatic heterocycles. The first-order valence-corrected chi connectivity index (χ1v) is 6.17. The molecular weight excluding hydrogens is 284 g/mol. The second-order valence-corrected chi connectivity index (χ2v) is 4.56. The summed E-state index contributed by atoms with van der Waals surface area (Å²) in [6.07, 6.45) is 3.74. The third-order valence-corrected chi connectivity index (χ3v) is 2.97. The van der Waals surface area contributed by atoms with Gasteiger partial charge in [0.15, 0.2) is 11.5 Å². The van der Waals surface area contributed by atoms with Crippen LogP contribution in [0.2, 0.25) is 0 Å². The minimum absolute atomic E-state index is 0.0476. The van der Waals surface area contributed by atoms with Crippen LogP contribution < -0.4 is 9.47 Å². The summed E-state index contributed by atoms with van der Waals surface area (Å²) in [6, 6.07) is 5.89. The van der Waals surface area contributed by atoms with Gasteiger partial charge in [0.25, 0.3) is 0 Å². The van der Waals surface area contributed by atoms with Crippen molar-refractivity contribution in [1.82, 2.24) is 0 Å². The van der Waals surface area contributed by atoms with Crippen LogP contribution in [0.15, 0.2) is 28.8 Å². The molecule has 0 amide bonds. The molecule has 1 aromatic rings. The van der Waals surface area contributed by atoms with Crippen LogP contribution in [0.4, 0.5) is 0 Å². The van der Waals surface area contributed by atoms with Gasteiger partial charge in [0.2, 0.25) is 0 Å². The van der Waals surface area contributed by atoms with Crippen molar-refractivity contribution in [1.29, 1.82) is 0 Å². The number of allylic oxidation sites excluding steroid dienone is 1. The van der Waals surface area contributed by atoms with Crippen LogP contribution in [0.25, 0.3) is 0 Å². The Balaban J connectivity index is 2.66. The van der Waals surface area contributed by atoms with Gasteiger partial charge in [-0.1, -0.05) is 28.1 Å². The van der Waals surface area contributed by atoms with E-state index in [0.29, 0.717) is 0 Å². The summed E-state index contributed by atoms with van der Waals surface area (Å²) in [5, 5.41) is 8.83. The summed E-state index contributed by atoms with van der Waals surface area (Å²) in [6.45, 7) is 0.0476. The Kier molecular flexibility index (Phi) is 6.08. The van der Waals surface area contributed by atoms with Gasteiger partial charge in [-0.25, -0.2) is 0 Å². The molecule has 17 heavy (non-hydrogen) atoms. The minimum Gasteiger partial charge on any atom is -0.493 e. The lowest BCUT2D eigenvalue weighted by Crippen LogP contribution is -1.92. The maximum Gasteiger partial charge on any atom is 0.160 e. The molecule has 4 heteroatoms. The molecule has 0 aromatic heterocycles. The summed E-state index contributed by atoms with van der Waals surface area (Å²) >= 11 is 3.27. The predicted molar refractivity (Wildman–Crippen MR) is 72.0 cm³/mol. The molecule has 0 bridgehead atoms. The molecule has 1 rings (SSSR count). The Morgan fingerprint density at radius 3 is 2.59 bits per heavy atom. The van der Waals surface area contributed by atoms with Crippen LogP contribution >= 0.6 is 15.9 Å². The van der Waals surface area contributed by atoms with Gasteiger partial charge in [-0.15, -0.1) is 0 Å². The van der Waals surface area contributed by atoms with Crippen LogP contribution in [0, 0.1) is 0 Å². The molecule has 0 unspecified atom stereocenters. The molecule has 0 atom stereocenters. The zero-order valence-corrected chi connectivity index (χ0v) is 11.7. The summed E-state index contributed by atoms with van der Waals surface area (Å²) < 4.78 is 11.2. The molecule has 0 fully saturated rings. The smallest absolute Gasteiger partial charge is 0.160 e. The molecular formula is C13H17BrO3. The highest BCUT2D eigenvalue weighted by molar-refractivity contribution is 9.11. The summed E-state index contributed by atoms with van der Waals surface area (Å²) in [5.74, 6) is 1.48. The van der Waals surface area contributed by atoms with Gasteiger partial charge in [0, 0.05) is 4.48 Å². The Morgan fingerprint density at radius 1 is 1.29 bits per heavy atom. The van der Waals surface area contributed by atoms with Crippen LogP contribution in [0.1, 0.15) is 12.0 Å². The van der Waals surface area contributed by atoms with Gasteiger partial charge in [0.05, 0.1) is 20.8 Å². The van der Waals surface area contributed by atoms with E-state index < -0.39 is 0 Å². The van der Waals surface area contributed by atoms with Gasteiger partial charge < -0.3 is 14.6 Å². The van der Waals surface area contributed by atoms with Gasteiger partial charge in [0.1, 0.15) is 0 Å². The van der Waals surface area contributed by atoms with E-state index in [1.54, 1.807) is 14.2 Å². The summed E-state index contributed by atoms with van der Waals surface area (Å²) in [5.41, 5.74) is 1.18. The van der Waals surface area contributed by atoms with E-state index in [9.17, 15) is 0 Å². The van der Waals surface area contributed by atoms with E-state index in [2.05, 4.69) is 15.9 Å². The number of hydrogen-bond acceptors (Lipinski definition) is 3. The molecule has 0 heterocycles. The molecule has 1 aromatic carbocycles. The second kappa shape index (κ2) is 7.35. The fraction of sp³-hybridized carbons (Fsp3) is 0.385. The van der Waals surface area contributed by atoms with Gasteiger partial charge >= 0.3 is 0 Å². The van der Waals surface area contributed by atoms with Gasteiger partial charge in [-0.05, 0) is 30.5 Å². The molecule has 0 aliphatic carbocycles. The molecule has 0 saturated carbocycles. The van der Waals surface area contributed by atoms with Crippen LogP contribution in [-0.4, -0.2) is 25.9 Å². The number of benzene rings is 1. The number of aryl methyl sites for hydroxylation is 1. The number of ether oxygens (including phenoxy) is 2. The van der Waals surface area contributed by atoms with Gasteiger partial charge in [-0.2, -0.15) is 0 Å². The van der Waals surface area contributed by atoms with Crippen molar-refractivity contribution in [2.24, 2.45) is 0 Å². The van der Waals surface area contributed by atoms with E-state index in [-0.39, 0.29) is 6.61 Å². The van der Waals surface area contributed by atoms with Gasteiger partial charge in [-0.3, -0.25) is 0 Å². The molecule has 0 spiro atoms. The average molecular weight is 301 g/mol. The largest absolute Gasteiger partial charge is 0.493 e. The van der Waals surface area contributed by atoms with E-state index >= 15 is 0 Å². The van der Waals surface area contributed by atoms with Crippen molar-refractivity contribution in [2.45, 2.75) is 12.8 Å². The Hall–Kier alpha value is -1.00. The maximum absolute atomic E-state index is 8.83. The predicted octanol–water partition coefficient (Wildman–Crippen LogP) is 2.91. The van der Waals surface area contributed by atoms with Crippen molar-refractivity contribution in [3.63, 3.8) is 0 Å². The van der Waals surface area contributed by atoms with Crippen molar-refractivity contribution in [3.05, 3.63) is 34.3 Å². The van der Waals surface area contributed by atoms with E-state index in [4.69, 9.17) is 14.6 Å². The number of methoxy groups -OCH3 is 2. The van der Waals surface area contributed by atoms with Crippen molar-refractivity contribution in [2.75, 3.05) is 20.8 Å². The lowest BCUT2D eigenvalue weighted by atomic mass is 10.1. The minimum atomic E-state index is 0.0476. The Bertz CT molecular complexity index is 388. The zero-order valence-electron chi connectivity index (χ0n) is 10.1. The molecule has 1 N–H and O–H groups in total. The third-order valence-electron chi connectivity index (χ3n) is 2.40. The Morgan fingerprint density at radius 2 is 2.00 bits per heavy atom. The van der Waals surface area contributed by atoms with E-state index in [0.717, 1.165) is 28.8 Å². The monoisotopic (exact) mass is 300 g/mol. The molecule has 3 nitrogen and oxygen atoms in total. The van der Waals surface area contributed by atoms with E-state index in [1.165, 1.54) is 5.56 Å². The normalized spacial score (nSPS) is 11.4. The quantitative estimate of drug-likeness (QED) is 0.878. The van der Waals surface area contributed by atoms with Crippen molar-refractivity contribution in [3.8, 4) is 11.5 Å². The van der Waals surface area contributed by atoms with Crippen molar-refractivity contribution >= 4 is 15.9 Å². The van der Waals surface area contributed by atoms with Crippen molar-refractivity contribution < 1.29 is 14.6 Å². The topological polar surface area (TPSA) is 38.7 Å². The number of rotatable bonds is 6. The lowest BCUT2D eigenvalue weighted by Gasteiger charge is -2.08. The first kappa shape index (κ1) is 14.1. The highest BCUT2D eigenvalue weighted by Gasteiger charge is 2.03. The highest BCUT2D eigenvalue weighted by Crippen LogP contribution is 2.28. The van der Waals surface area contributed by atoms with Crippen LogP contribution in [0.3, 0.4) is 0 Å². The standard InChI is InChI=1S/C13H17BrO3/c1-16-12-7-6-10(8-13(12)17-2)4-3-5-11(14)9-15/h5-8,15H,3-4,9H2,1-2H3/b11-5-. The SMILES string of the molecule is COc1ccc(CC/C=C(\Br)CO)cc1OC. The molecule has 0 aliphatic rings. The number of aliphatic hydroxyl groups is 1. The first-order chi connectivity index (χ1) is 8.21. The molecule has 0 radical (unpaired) electrons. The van der Waals surface area contributed by atoms with Crippen LogP contribution in [-0.2, 0) is 6.42 Å². The van der Waals surface area contributed by atoms with E-state index in [1.807, 2.05) is 24.3 Å². The molecule has 0 saturated heterocycles. The third kappa shape index (κ3) is 4.40. The summed E-state index contributed by atoms with van der Waals surface area (Å²) in [7, 11) is 3.25. The zero-order chi connectivity index (χ0) is 12.7. The average Bonchev–Trinajstić information content (AvgIpc) is 2.38. The first-order valence-electron chi connectivity index (χ1n) is 5.37. The fourth-order valence-corrected chi connectivity index (χ4v) is 1.73. The number of halogens is 1.